The van der Waals surface area contributed by atoms with Gasteiger partial charge < -0.3 is 10.4 Å². The fourth-order valence-electron chi connectivity index (χ4n) is 1.48. The maximum atomic E-state index is 13.5. The smallest absolute Gasteiger partial charge is 0.356 e. The van der Waals surface area contributed by atoms with Crippen LogP contribution in [-0.4, -0.2) is 21.8 Å². The lowest BCUT2D eigenvalue weighted by Gasteiger charge is -2.04. The quantitative estimate of drug-likeness (QED) is 0.848. The van der Waals surface area contributed by atoms with Crippen LogP contribution in [0.1, 0.15) is 27.1 Å². The first-order valence-electron chi connectivity index (χ1n) is 5.36. The van der Waals surface area contributed by atoms with Gasteiger partial charge in [0, 0.05) is 6.92 Å². The number of nitrogens with zero attached hydrogens (tertiary/aromatic N) is 1. The lowest BCUT2D eigenvalue weighted by atomic mass is 10.3. The van der Waals surface area contributed by atoms with E-state index in [1.807, 2.05) is 0 Å². The third kappa shape index (κ3) is 2.64. The van der Waals surface area contributed by atoms with Crippen molar-refractivity contribution in [2.75, 3.05) is 5.32 Å². The number of carbonyl (C=O) groups excluding carboxylic acids is 1. The molecule has 0 radical (unpaired) electrons. The second-order valence-corrected chi connectivity index (χ2v) is 4.78. The van der Waals surface area contributed by atoms with Gasteiger partial charge >= 0.3 is 5.97 Å². The molecular weight excluding hydrogens is 290 g/mol. The Morgan fingerprint density at radius 3 is 2.35 bits per heavy atom. The Hall–Kier alpha value is -2.35. The Kier molecular flexibility index (Phi) is 3.75. The molecule has 0 aliphatic carbocycles. The number of para-hydroxylation sites is 1. The van der Waals surface area contributed by atoms with Crippen molar-refractivity contribution in [2.24, 2.45) is 0 Å². The number of Topliss-reactive ketones (excluding diaryl/α,β-unsaturated/α-hetero) is 1. The number of carboxylic acids is 1. The van der Waals surface area contributed by atoms with Crippen molar-refractivity contribution >= 4 is 33.9 Å². The summed E-state index contributed by atoms with van der Waals surface area (Å²) in [6, 6.07) is 3.29. The molecule has 0 atom stereocenters. The lowest BCUT2D eigenvalue weighted by molar-refractivity contribution is 0.0687. The van der Waals surface area contributed by atoms with Crippen LogP contribution in [0.5, 0.6) is 0 Å². The van der Waals surface area contributed by atoms with E-state index in [-0.39, 0.29) is 10.0 Å². The zero-order valence-electron chi connectivity index (χ0n) is 10.1. The van der Waals surface area contributed by atoms with Gasteiger partial charge in [-0.15, -0.1) is 0 Å². The number of carbonyl (C=O) groups is 2. The van der Waals surface area contributed by atoms with E-state index < -0.39 is 34.8 Å². The molecule has 20 heavy (non-hydrogen) atoms. The van der Waals surface area contributed by atoms with Gasteiger partial charge in [-0.1, -0.05) is 17.4 Å². The van der Waals surface area contributed by atoms with Crippen LogP contribution in [0.4, 0.5) is 19.6 Å². The average molecular weight is 298 g/mol. The van der Waals surface area contributed by atoms with Gasteiger partial charge in [-0.25, -0.2) is 18.6 Å². The number of benzene rings is 1. The Balaban J connectivity index is 2.42. The SMILES string of the molecule is CC(=O)c1sc(Nc2c(F)cccc2F)nc1C(=O)O. The van der Waals surface area contributed by atoms with E-state index in [0.29, 0.717) is 0 Å². The topological polar surface area (TPSA) is 79.3 Å². The molecule has 0 unspecified atom stereocenters. The molecule has 0 amide bonds. The minimum atomic E-state index is -1.38. The number of halogens is 2. The number of thiazole rings is 1. The molecule has 0 spiro atoms. The molecule has 0 aliphatic heterocycles. The normalized spacial score (nSPS) is 10.3. The van der Waals surface area contributed by atoms with Crippen molar-refractivity contribution in [3.63, 3.8) is 0 Å². The monoisotopic (exact) mass is 298 g/mol. The zero-order chi connectivity index (χ0) is 14.9. The summed E-state index contributed by atoms with van der Waals surface area (Å²) in [5, 5.41) is 11.2. The van der Waals surface area contributed by atoms with Gasteiger partial charge in [-0.2, -0.15) is 0 Å². The largest absolute Gasteiger partial charge is 0.476 e. The van der Waals surface area contributed by atoms with Gasteiger partial charge in [0.15, 0.2) is 16.6 Å². The van der Waals surface area contributed by atoms with Gasteiger partial charge in [0.1, 0.15) is 22.2 Å². The van der Waals surface area contributed by atoms with Crippen molar-refractivity contribution in [2.45, 2.75) is 6.92 Å². The standard InChI is InChI=1S/C12H8F2N2O3S/c1-5(17)10-9(11(18)19)16-12(20-10)15-8-6(13)3-2-4-7(8)14/h2-4H,1H3,(H,15,16)(H,18,19). The summed E-state index contributed by atoms with van der Waals surface area (Å²) < 4.78 is 26.9. The van der Waals surface area contributed by atoms with E-state index in [9.17, 15) is 18.4 Å². The van der Waals surface area contributed by atoms with Crippen LogP contribution in [0.2, 0.25) is 0 Å². The van der Waals surface area contributed by atoms with Crippen LogP contribution in [0.15, 0.2) is 18.2 Å². The number of ketones is 1. The van der Waals surface area contributed by atoms with Gasteiger partial charge in [0.2, 0.25) is 0 Å². The van der Waals surface area contributed by atoms with E-state index in [1.165, 1.54) is 13.0 Å². The van der Waals surface area contributed by atoms with Crippen molar-refractivity contribution in [3.8, 4) is 0 Å². The number of hydrogen-bond acceptors (Lipinski definition) is 5. The number of aromatic nitrogens is 1. The molecular formula is C12H8F2N2O3S. The Labute approximate surface area is 115 Å². The molecule has 0 bridgehead atoms. The predicted octanol–water partition coefficient (Wildman–Crippen LogP) is 3.07. The molecule has 2 aromatic rings. The number of rotatable bonds is 4. The highest BCUT2D eigenvalue weighted by Crippen LogP contribution is 2.29. The van der Waals surface area contributed by atoms with Crippen molar-refractivity contribution in [1.82, 2.24) is 4.98 Å². The number of carboxylic acid groups (broad SMARTS) is 1. The van der Waals surface area contributed by atoms with E-state index >= 15 is 0 Å². The molecule has 2 rings (SSSR count). The van der Waals surface area contributed by atoms with Crippen LogP contribution in [0.3, 0.4) is 0 Å². The van der Waals surface area contributed by atoms with Gasteiger partial charge in [0.25, 0.3) is 0 Å². The molecule has 8 heteroatoms. The van der Waals surface area contributed by atoms with Gasteiger partial charge in [0.05, 0.1) is 0 Å². The van der Waals surface area contributed by atoms with Crippen molar-refractivity contribution < 1.29 is 23.5 Å². The minimum absolute atomic E-state index is 0.0726. The molecule has 0 saturated heterocycles. The molecule has 0 fully saturated rings. The Morgan fingerprint density at radius 2 is 1.90 bits per heavy atom. The van der Waals surface area contributed by atoms with Gasteiger partial charge in [-0.05, 0) is 12.1 Å². The molecule has 1 heterocycles. The molecule has 1 aromatic heterocycles. The number of hydrogen-bond donors (Lipinski definition) is 2. The Morgan fingerprint density at radius 1 is 1.30 bits per heavy atom. The maximum Gasteiger partial charge on any atom is 0.356 e. The first kappa shape index (κ1) is 14.1. The second-order valence-electron chi connectivity index (χ2n) is 3.78. The summed E-state index contributed by atoms with van der Waals surface area (Å²) in [4.78, 5) is 25.8. The summed E-state index contributed by atoms with van der Waals surface area (Å²) in [5.41, 5.74) is -0.893. The van der Waals surface area contributed by atoms with E-state index in [0.717, 1.165) is 23.5 Å². The fraction of sp³-hybridized carbons (Fsp3) is 0.0833. The van der Waals surface area contributed by atoms with Crippen molar-refractivity contribution in [1.29, 1.82) is 0 Å². The number of nitrogens with one attached hydrogen (secondary N) is 1. The highest BCUT2D eigenvalue weighted by atomic mass is 32.1. The molecule has 104 valence electrons. The van der Waals surface area contributed by atoms with E-state index in [1.54, 1.807) is 0 Å². The number of anilines is 2. The van der Waals surface area contributed by atoms with Crippen LogP contribution < -0.4 is 5.32 Å². The summed E-state index contributed by atoms with van der Waals surface area (Å²) in [7, 11) is 0. The maximum absolute atomic E-state index is 13.5. The average Bonchev–Trinajstić information content (AvgIpc) is 2.78. The first-order chi connectivity index (χ1) is 9.40. The van der Waals surface area contributed by atoms with Crippen molar-refractivity contribution in [3.05, 3.63) is 40.4 Å². The summed E-state index contributed by atoms with van der Waals surface area (Å²) in [6.45, 7) is 1.19. The van der Waals surface area contributed by atoms with Crippen LogP contribution in [0, 0.1) is 11.6 Å². The van der Waals surface area contributed by atoms with E-state index in [4.69, 9.17) is 5.11 Å². The summed E-state index contributed by atoms with van der Waals surface area (Å²) in [6.07, 6.45) is 0. The highest BCUT2D eigenvalue weighted by molar-refractivity contribution is 7.17. The van der Waals surface area contributed by atoms with Crippen LogP contribution in [-0.2, 0) is 0 Å². The summed E-state index contributed by atoms with van der Waals surface area (Å²) in [5.74, 6) is -3.56. The molecule has 0 saturated carbocycles. The third-order valence-electron chi connectivity index (χ3n) is 2.34. The van der Waals surface area contributed by atoms with Crippen LogP contribution in [0.25, 0.3) is 0 Å². The lowest BCUT2D eigenvalue weighted by Crippen LogP contribution is -2.04. The molecule has 5 nitrogen and oxygen atoms in total. The summed E-state index contributed by atoms with van der Waals surface area (Å²) >= 11 is 0.722. The Bertz CT molecular complexity index is 648. The molecule has 0 aliphatic rings. The van der Waals surface area contributed by atoms with Crippen LogP contribution >= 0.6 is 11.3 Å². The highest BCUT2D eigenvalue weighted by Gasteiger charge is 2.21. The predicted molar refractivity (Wildman–Crippen MR) is 68.7 cm³/mol. The molecule has 1 aromatic carbocycles. The first-order valence-corrected chi connectivity index (χ1v) is 6.18. The zero-order valence-corrected chi connectivity index (χ0v) is 10.9. The molecule has 2 N–H and O–H groups in total. The van der Waals surface area contributed by atoms with E-state index in [2.05, 4.69) is 10.3 Å². The fourth-order valence-corrected chi connectivity index (χ4v) is 2.34. The minimum Gasteiger partial charge on any atom is -0.476 e. The van der Waals surface area contributed by atoms with Gasteiger partial charge in [-0.3, -0.25) is 4.79 Å². The number of aromatic carboxylic acids is 1. The second kappa shape index (κ2) is 5.33. The third-order valence-corrected chi connectivity index (χ3v) is 3.42.